The monoisotopic (exact) mass is 589 g/mol. The maximum atomic E-state index is 13.6. The summed E-state index contributed by atoms with van der Waals surface area (Å²) in [4.78, 5) is 50.4. The van der Waals surface area contributed by atoms with Crippen LogP contribution < -0.4 is 15.4 Å². The standard InChI is InChI=1S/C30H28ClN5O4S/c1-3-25(28(38)33-20-12-10-19(31)11-13-20)41-30-35-23-7-5-4-6-22(23)27-34-24(29(39)36(27)30)16-26(37)32-17-18-8-14-21(40-2)15-9-18/h4-15,24-25H,3,16-17H2,1-2H3,(H,32,37)(H,33,38). The number of amides is 3. The van der Waals surface area contributed by atoms with Crippen LogP contribution in [0.5, 0.6) is 5.75 Å². The van der Waals surface area contributed by atoms with Crippen LogP contribution in [0.1, 0.15) is 30.9 Å². The molecule has 210 valence electrons. The highest BCUT2D eigenvalue weighted by atomic mass is 35.5. The number of rotatable bonds is 9. The Labute approximate surface area is 247 Å². The first kappa shape index (κ1) is 28.4. The number of fused-ring (bicyclic) bond motifs is 3. The lowest BCUT2D eigenvalue weighted by Crippen LogP contribution is -2.43. The summed E-state index contributed by atoms with van der Waals surface area (Å²) < 4.78 is 5.17. The Hall–Kier alpha value is -4.15. The van der Waals surface area contributed by atoms with Crippen molar-refractivity contribution in [2.75, 3.05) is 12.4 Å². The third kappa shape index (κ3) is 6.44. The van der Waals surface area contributed by atoms with E-state index in [1.807, 2.05) is 55.5 Å². The topological polar surface area (TPSA) is 112 Å². The molecule has 0 bridgehead atoms. The fourth-order valence-corrected chi connectivity index (χ4v) is 5.56. The molecule has 0 saturated carbocycles. The molecule has 0 aliphatic carbocycles. The molecule has 2 aliphatic rings. The zero-order chi connectivity index (χ0) is 28.9. The number of nitrogens with zero attached hydrogens (tertiary/aromatic N) is 3. The predicted molar refractivity (Wildman–Crippen MR) is 162 cm³/mol. The van der Waals surface area contributed by atoms with E-state index in [4.69, 9.17) is 21.3 Å². The summed E-state index contributed by atoms with van der Waals surface area (Å²) in [6.07, 6.45) is 0.389. The molecule has 3 aromatic carbocycles. The van der Waals surface area contributed by atoms with Gasteiger partial charge in [0.1, 0.15) is 17.6 Å². The fourth-order valence-electron chi connectivity index (χ4n) is 4.41. The highest BCUT2D eigenvalue weighted by Crippen LogP contribution is 2.36. The van der Waals surface area contributed by atoms with Crippen molar-refractivity contribution in [1.82, 2.24) is 10.2 Å². The molecule has 0 aromatic heterocycles. The van der Waals surface area contributed by atoms with E-state index in [1.54, 1.807) is 31.4 Å². The SMILES string of the molecule is CCC(SC1=Nc2ccccc2C2=NC(CC(=O)NCc3ccc(OC)cc3)C(=O)N12)C(=O)Nc1ccc(Cl)cc1. The summed E-state index contributed by atoms with van der Waals surface area (Å²) >= 11 is 7.16. The van der Waals surface area contributed by atoms with Crippen molar-refractivity contribution in [3.05, 3.63) is 88.9 Å². The number of thioether (sulfide) groups is 1. The Morgan fingerprint density at radius 1 is 1.07 bits per heavy atom. The Kier molecular flexibility index (Phi) is 8.70. The maximum absolute atomic E-state index is 13.6. The van der Waals surface area contributed by atoms with Crippen molar-refractivity contribution in [3.63, 3.8) is 0 Å². The zero-order valence-corrected chi connectivity index (χ0v) is 24.0. The van der Waals surface area contributed by atoms with Gasteiger partial charge in [-0.1, -0.05) is 54.6 Å². The molecule has 0 fully saturated rings. The summed E-state index contributed by atoms with van der Waals surface area (Å²) in [6, 6.07) is 20.7. The lowest BCUT2D eigenvalue weighted by molar-refractivity contribution is -0.128. The number of hydrogen-bond acceptors (Lipinski definition) is 7. The molecule has 0 radical (unpaired) electrons. The molecule has 2 atom stereocenters. The van der Waals surface area contributed by atoms with Gasteiger partial charge in [0.25, 0.3) is 5.91 Å². The quantitative estimate of drug-likeness (QED) is 0.358. The molecule has 2 aliphatic heterocycles. The van der Waals surface area contributed by atoms with E-state index in [2.05, 4.69) is 15.6 Å². The van der Waals surface area contributed by atoms with Crippen molar-refractivity contribution in [2.24, 2.45) is 9.98 Å². The van der Waals surface area contributed by atoms with Crippen LogP contribution in [0.25, 0.3) is 0 Å². The summed E-state index contributed by atoms with van der Waals surface area (Å²) in [7, 11) is 1.59. The molecule has 9 nitrogen and oxygen atoms in total. The molecule has 11 heteroatoms. The number of aliphatic imine (C=N–C) groups is 2. The third-order valence-corrected chi connectivity index (χ3v) is 8.17. The van der Waals surface area contributed by atoms with Crippen LogP contribution >= 0.6 is 23.4 Å². The van der Waals surface area contributed by atoms with Gasteiger partial charge in [-0.25, -0.2) is 9.89 Å². The molecule has 41 heavy (non-hydrogen) atoms. The number of hydrogen-bond donors (Lipinski definition) is 2. The van der Waals surface area contributed by atoms with Crippen molar-refractivity contribution in [2.45, 2.75) is 37.6 Å². The van der Waals surface area contributed by atoms with Gasteiger partial charge in [-0.2, -0.15) is 0 Å². The van der Waals surface area contributed by atoms with Crippen LogP contribution in [-0.4, -0.2) is 52.0 Å². The molecular formula is C30H28ClN5O4S. The first-order valence-electron chi connectivity index (χ1n) is 13.1. The number of anilines is 1. The van der Waals surface area contributed by atoms with Gasteiger partial charge in [-0.3, -0.25) is 19.4 Å². The largest absolute Gasteiger partial charge is 0.497 e. The first-order chi connectivity index (χ1) is 19.9. The lowest BCUT2D eigenvalue weighted by atomic mass is 10.1. The molecule has 3 aromatic rings. The smallest absolute Gasteiger partial charge is 0.259 e. The van der Waals surface area contributed by atoms with Crippen molar-refractivity contribution in [1.29, 1.82) is 0 Å². The second-order valence-electron chi connectivity index (χ2n) is 9.39. The number of nitrogens with one attached hydrogen (secondary N) is 2. The van der Waals surface area contributed by atoms with Crippen LogP contribution in [0.15, 0.2) is 82.8 Å². The minimum absolute atomic E-state index is 0.108. The van der Waals surface area contributed by atoms with Crippen LogP contribution in [0, 0.1) is 0 Å². The number of halogens is 1. The minimum atomic E-state index is -0.902. The average molecular weight is 590 g/mol. The fraction of sp³-hybridized carbons (Fsp3) is 0.233. The molecule has 0 spiro atoms. The molecule has 2 unspecified atom stereocenters. The predicted octanol–water partition coefficient (Wildman–Crippen LogP) is 5.16. The van der Waals surface area contributed by atoms with Gasteiger partial charge in [0, 0.05) is 22.8 Å². The Balaban J connectivity index is 1.31. The first-order valence-corrected chi connectivity index (χ1v) is 14.3. The minimum Gasteiger partial charge on any atom is -0.497 e. The van der Waals surface area contributed by atoms with Crippen molar-refractivity contribution < 1.29 is 19.1 Å². The van der Waals surface area contributed by atoms with Gasteiger partial charge >= 0.3 is 0 Å². The van der Waals surface area contributed by atoms with E-state index in [0.717, 1.165) is 11.3 Å². The second kappa shape index (κ2) is 12.6. The normalized spacial score (nSPS) is 16.2. The summed E-state index contributed by atoms with van der Waals surface area (Å²) in [5, 5.41) is 6.16. The van der Waals surface area contributed by atoms with E-state index in [-0.39, 0.29) is 24.1 Å². The molecule has 5 rings (SSSR count). The Morgan fingerprint density at radius 2 is 1.80 bits per heavy atom. The van der Waals surface area contributed by atoms with Crippen molar-refractivity contribution >= 4 is 63.5 Å². The van der Waals surface area contributed by atoms with Gasteiger partial charge in [-0.15, -0.1) is 0 Å². The van der Waals surface area contributed by atoms with E-state index in [1.165, 1.54) is 16.7 Å². The lowest BCUT2D eigenvalue weighted by Gasteiger charge is -2.27. The van der Waals surface area contributed by atoms with Gasteiger partial charge in [-0.05, 0) is 60.5 Å². The Bertz CT molecular complexity index is 1520. The number of para-hydroxylation sites is 1. The van der Waals surface area contributed by atoms with Crippen LogP contribution in [0.4, 0.5) is 11.4 Å². The van der Waals surface area contributed by atoms with Crippen LogP contribution in [-0.2, 0) is 20.9 Å². The van der Waals surface area contributed by atoms with Crippen molar-refractivity contribution in [3.8, 4) is 5.75 Å². The average Bonchev–Trinajstić information content (AvgIpc) is 3.32. The van der Waals surface area contributed by atoms with Gasteiger partial charge in [0.05, 0.1) is 24.5 Å². The number of amidine groups is 2. The second-order valence-corrected chi connectivity index (χ2v) is 11.0. The number of ether oxygens (including phenoxy) is 1. The maximum Gasteiger partial charge on any atom is 0.259 e. The summed E-state index contributed by atoms with van der Waals surface area (Å²) in [6.45, 7) is 2.21. The van der Waals surface area contributed by atoms with Gasteiger partial charge < -0.3 is 15.4 Å². The summed E-state index contributed by atoms with van der Waals surface area (Å²) in [5.74, 6) is 0.294. The van der Waals surface area contributed by atoms with Crippen LogP contribution in [0.2, 0.25) is 5.02 Å². The van der Waals surface area contributed by atoms with E-state index in [0.29, 0.717) is 45.9 Å². The van der Waals surface area contributed by atoms with E-state index < -0.39 is 11.3 Å². The Morgan fingerprint density at radius 3 is 2.51 bits per heavy atom. The third-order valence-electron chi connectivity index (χ3n) is 6.60. The number of methoxy groups -OCH3 is 1. The highest BCUT2D eigenvalue weighted by Gasteiger charge is 2.43. The van der Waals surface area contributed by atoms with E-state index >= 15 is 0 Å². The van der Waals surface area contributed by atoms with Gasteiger partial charge in [0.15, 0.2) is 5.17 Å². The molecular weight excluding hydrogens is 562 g/mol. The molecule has 2 N–H and O–H groups in total. The number of carbonyl (C=O) groups excluding carboxylic acids is 3. The molecule has 0 saturated heterocycles. The van der Waals surface area contributed by atoms with Crippen LogP contribution in [0.3, 0.4) is 0 Å². The molecule has 2 heterocycles. The van der Waals surface area contributed by atoms with E-state index in [9.17, 15) is 14.4 Å². The van der Waals surface area contributed by atoms with Gasteiger partial charge in [0.2, 0.25) is 11.8 Å². The zero-order valence-electron chi connectivity index (χ0n) is 22.5. The molecule has 3 amide bonds. The number of carbonyl (C=O) groups is 3. The summed E-state index contributed by atoms with van der Waals surface area (Å²) in [5.41, 5.74) is 2.87. The highest BCUT2D eigenvalue weighted by molar-refractivity contribution is 8.15. The number of benzene rings is 3.